The molecule has 1 aliphatic heterocycles. The van der Waals surface area contributed by atoms with Gasteiger partial charge in [0.2, 0.25) is 0 Å². The molecule has 0 aliphatic carbocycles. The van der Waals surface area contributed by atoms with E-state index >= 15 is 0 Å². The molecule has 18 heavy (non-hydrogen) atoms. The number of aromatic nitrogens is 1. The third-order valence-corrected chi connectivity index (χ3v) is 3.30. The number of fused-ring (bicyclic) bond motifs is 1. The molecule has 0 saturated heterocycles. The first-order valence-electron chi connectivity index (χ1n) is 6.29. The summed E-state index contributed by atoms with van der Waals surface area (Å²) in [4.78, 5) is 2.35. The number of para-hydroxylation sites is 1. The highest BCUT2D eigenvalue weighted by Crippen LogP contribution is 2.28. The van der Waals surface area contributed by atoms with Gasteiger partial charge in [0, 0.05) is 24.8 Å². The third-order valence-electron chi connectivity index (χ3n) is 3.30. The van der Waals surface area contributed by atoms with Crippen LogP contribution >= 0.6 is 0 Å². The van der Waals surface area contributed by atoms with Crippen molar-refractivity contribution in [1.82, 2.24) is 10.5 Å². The van der Waals surface area contributed by atoms with Crippen molar-refractivity contribution < 1.29 is 4.52 Å². The molecule has 1 aromatic carbocycles. The van der Waals surface area contributed by atoms with E-state index in [1.54, 1.807) is 0 Å². The molecule has 2 heterocycles. The summed E-state index contributed by atoms with van der Waals surface area (Å²) in [7, 11) is 1.91. The van der Waals surface area contributed by atoms with Gasteiger partial charge in [0.05, 0.1) is 12.2 Å². The molecular weight excluding hydrogens is 226 g/mol. The van der Waals surface area contributed by atoms with Gasteiger partial charge in [-0.15, -0.1) is 0 Å². The molecule has 1 N–H and O–H groups in total. The van der Waals surface area contributed by atoms with Crippen LogP contribution in [0.3, 0.4) is 0 Å². The summed E-state index contributed by atoms with van der Waals surface area (Å²) in [6, 6.07) is 10.6. The first-order valence-corrected chi connectivity index (χ1v) is 6.29. The number of hydrogen-bond acceptors (Lipinski definition) is 4. The van der Waals surface area contributed by atoms with Gasteiger partial charge in [0.15, 0.2) is 5.76 Å². The van der Waals surface area contributed by atoms with E-state index in [0.717, 1.165) is 37.5 Å². The summed E-state index contributed by atoms with van der Waals surface area (Å²) in [5.41, 5.74) is 3.71. The first kappa shape index (κ1) is 11.3. The highest BCUT2D eigenvalue weighted by Gasteiger charge is 2.19. The average molecular weight is 243 g/mol. The van der Waals surface area contributed by atoms with Crippen molar-refractivity contribution in [3.8, 4) is 0 Å². The molecule has 2 aromatic rings. The van der Waals surface area contributed by atoms with E-state index in [1.807, 2.05) is 13.1 Å². The van der Waals surface area contributed by atoms with Crippen LogP contribution in [-0.4, -0.2) is 18.7 Å². The lowest BCUT2D eigenvalue weighted by atomic mass is 10.2. The third kappa shape index (κ3) is 2.11. The highest BCUT2D eigenvalue weighted by atomic mass is 16.5. The molecule has 0 fully saturated rings. The number of nitrogens with zero attached hydrogens (tertiary/aromatic N) is 2. The summed E-state index contributed by atoms with van der Waals surface area (Å²) in [5.74, 6) is 0.928. The van der Waals surface area contributed by atoms with Gasteiger partial charge in [-0.05, 0) is 25.1 Å². The van der Waals surface area contributed by atoms with Gasteiger partial charge in [-0.25, -0.2) is 0 Å². The lowest BCUT2D eigenvalue weighted by Crippen LogP contribution is -2.19. The van der Waals surface area contributed by atoms with Crippen LogP contribution in [0, 0.1) is 0 Å². The summed E-state index contributed by atoms with van der Waals surface area (Å²) in [6.07, 6.45) is 1.12. The normalized spacial score (nSPS) is 13.9. The van der Waals surface area contributed by atoms with Crippen molar-refractivity contribution in [2.24, 2.45) is 0 Å². The molecule has 94 valence electrons. The SMILES string of the molecule is CNCc1cc(CN2CCc3ccccc32)on1. The molecule has 0 bridgehead atoms. The second-order valence-corrected chi connectivity index (χ2v) is 4.62. The maximum atomic E-state index is 5.36. The largest absolute Gasteiger partial charge is 0.363 e. The van der Waals surface area contributed by atoms with Crippen molar-refractivity contribution in [3.63, 3.8) is 0 Å². The minimum Gasteiger partial charge on any atom is -0.363 e. The van der Waals surface area contributed by atoms with Crippen LogP contribution in [0.5, 0.6) is 0 Å². The molecule has 0 radical (unpaired) electrons. The summed E-state index contributed by atoms with van der Waals surface area (Å²) >= 11 is 0. The number of rotatable bonds is 4. The van der Waals surface area contributed by atoms with Crippen LogP contribution < -0.4 is 10.2 Å². The Kier molecular flexibility index (Phi) is 3.02. The second-order valence-electron chi connectivity index (χ2n) is 4.62. The molecule has 4 nitrogen and oxygen atoms in total. The molecule has 0 unspecified atom stereocenters. The molecule has 3 rings (SSSR count). The van der Waals surface area contributed by atoms with Crippen LogP contribution in [-0.2, 0) is 19.5 Å². The van der Waals surface area contributed by atoms with Gasteiger partial charge in [-0.3, -0.25) is 0 Å². The van der Waals surface area contributed by atoms with Gasteiger partial charge >= 0.3 is 0 Å². The minimum absolute atomic E-state index is 0.750. The fraction of sp³-hybridized carbons (Fsp3) is 0.357. The molecule has 4 heteroatoms. The molecule has 0 saturated carbocycles. The molecule has 0 atom stereocenters. The van der Waals surface area contributed by atoms with Crippen LogP contribution in [0.15, 0.2) is 34.9 Å². The van der Waals surface area contributed by atoms with E-state index < -0.39 is 0 Å². The summed E-state index contributed by atoms with van der Waals surface area (Å²) < 4.78 is 5.36. The quantitative estimate of drug-likeness (QED) is 0.891. The first-order chi connectivity index (χ1) is 8.86. The monoisotopic (exact) mass is 243 g/mol. The Morgan fingerprint density at radius 3 is 3.17 bits per heavy atom. The lowest BCUT2D eigenvalue weighted by molar-refractivity contribution is 0.374. The Balaban J connectivity index is 1.73. The maximum Gasteiger partial charge on any atom is 0.156 e. The zero-order chi connectivity index (χ0) is 12.4. The van der Waals surface area contributed by atoms with Crippen LogP contribution in [0.4, 0.5) is 5.69 Å². The Bertz CT molecular complexity index is 535. The van der Waals surface area contributed by atoms with E-state index in [4.69, 9.17) is 4.52 Å². The van der Waals surface area contributed by atoms with E-state index in [2.05, 4.69) is 39.6 Å². The fourth-order valence-corrected chi connectivity index (χ4v) is 2.45. The highest BCUT2D eigenvalue weighted by molar-refractivity contribution is 5.57. The van der Waals surface area contributed by atoms with Crippen LogP contribution in [0.2, 0.25) is 0 Å². The number of anilines is 1. The second kappa shape index (κ2) is 4.82. The van der Waals surface area contributed by atoms with Gasteiger partial charge in [0.25, 0.3) is 0 Å². The van der Waals surface area contributed by atoms with Gasteiger partial charge in [-0.1, -0.05) is 23.4 Å². The smallest absolute Gasteiger partial charge is 0.156 e. The van der Waals surface area contributed by atoms with Crippen LogP contribution in [0.25, 0.3) is 0 Å². The Morgan fingerprint density at radius 1 is 1.39 bits per heavy atom. The molecule has 1 aliphatic rings. The molecule has 0 spiro atoms. The maximum absolute atomic E-state index is 5.36. The average Bonchev–Trinajstić information content (AvgIpc) is 2.99. The van der Waals surface area contributed by atoms with Crippen molar-refractivity contribution in [2.45, 2.75) is 19.5 Å². The summed E-state index contributed by atoms with van der Waals surface area (Å²) in [5, 5.41) is 7.11. The molecule has 1 aromatic heterocycles. The van der Waals surface area contributed by atoms with Crippen molar-refractivity contribution >= 4 is 5.69 Å². The van der Waals surface area contributed by atoms with Gasteiger partial charge < -0.3 is 14.7 Å². The zero-order valence-electron chi connectivity index (χ0n) is 10.5. The predicted molar refractivity (Wildman–Crippen MR) is 70.5 cm³/mol. The lowest BCUT2D eigenvalue weighted by Gasteiger charge is -2.17. The summed E-state index contributed by atoms with van der Waals surface area (Å²) in [6.45, 7) is 2.61. The number of nitrogens with one attached hydrogen (secondary N) is 1. The van der Waals surface area contributed by atoms with E-state index in [1.165, 1.54) is 11.3 Å². The Labute approximate surface area is 107 Å². The van der Waals surface area contributed by atoms with Crippen LogP contribution in [0.1, 0.15) is 17.0 Å². The predicted octanol–water partition coefficient (Wildman–Crippen LogP) is 1.96. The van der Waals surface area contributed by atoms with E-state index in [9.17, 15) is 0 Å². The van der Waals surface area contributed by atoms with E-state index in [0.29, 0.717) is 0 Å². The number of hydrogen-bond donors (Lipinski definition) is 1. The fourth-order valence-electron chi connectivity index (χ4n) is 2.45. The van der Waals surface area contributed by atoms with E-state index in [-0.39, 0.29) is 0 Å². The number of benzene rings is 1. The van der Waals surface area contributed by atoms with Crippen molar-refractivity contribution in [1.29, 1.82) is 0 Å². The van der Waals surface area contributed by atoms with Gasteiger partial charge in [-0.2, -0.15) is 0 Å². The van der Waals surface area contributed by atoms with Crippen molar-refractivity contribution in [3.05, 3.63) is 47.3 Å². The molecule has 0 amide bonds. The minimum atomic E-state index is 0.750. The zero-order valence-corrected chi connectivity index (χ0v) is 10.5. The van der Waals surface area contributed by atoms with Crippen molar-refractivity contribution in [2.75, 3.05) is 18.5 Å². The Morgan fingerprint density at radius 2 is 2.28 bits per heavy atom. The van der Waals surface area contributed by atoms with Gasteiger partial charge in [0.1, 0.15) is 0 Å². The Hall–Kier alpha value is -1.81. The standard InChI is InChI=1S/C14H17N3O/c1-15-9-12-8-13(18-16-12)10-17-7-6-11-4-2-3-5-14(11)17/h2-5,8,15H,6-7,9-10H2,1H3. The molecular formula is C14H17N3O. The topological polar surface area (TPSA) is 41.3 Å².